The Morgan fingerprint density at radius 1 is 1.38 bits per heavy atom. The molecule has 0 bridgehead atoms. The van der Waals surface area contributed by atoms with Crippen LogP contribution < -0.4 is 11.1 Å². The summed E-state index contributed by atoms with van der Waals surface area (Å²) in [5.41, 5.74) is 6.76. The van der Waals surface area contributed by atoms with Crippen molar-refractivity contribution in [2.75, 3.05) is 18.5 Å². The lowest BCUT2D eigenvalue weighted by molar-refractivity contribution is 0.271. The van der Waals surface area contributed by atoms with Crippen LogP contribution in [0.25, 0.3) is 0 Å². The number of rotatable bonds is 9. The number of hydrogen-bond acceptors (Lipinski definition) is 5. The molecule has 0 amide bonds. The first-order valence-electron chi connectivity index (χ1n) is 10.2. The number of nitrogens with two attached hydrogens (primary N) is 1. The maximum absolute atomic E-state index is 6.28. The van der Waals surface area contributed by atoms with Crippen LogP contribution in [0, 0.1) is 5.92 Å². The van der Waals surface area contributed by atoms with Crippen LogP contribution in [0.3, 0.4) is 0 Å². The Morgan fingerprint density at radius 2 is 2.10 bits per heavy atom. The van der Waals surface area contributed by atoms with E-state index in [4.69, 9.17) is 10.2 Å². The van der Waals surface area contributed by atoms with Crippen molar-refractivity contribution in [2.24, 2.45) is 23.7 Å². The normalized spacial score (nSPS) is 14.2. The molecular weight excluding hydrogens is 382 g/mol. The fourth-order valence-electron chi connectivity index (χ4n) is 2.64. The third-order valence-corrected chi connectivity index (χ3v) is 10.2. The molecule has 0 radical (unpaired) electrons. The molecule has 0 unspecified atom stereocenters. The minimum atomic E-state index is -1.65. The lowest BCUT2D eigenvalue weighted by Gasteiger charge is -2.36. The average molecular weight is 420 g/mol. The van der Waals surface area contributed by atoms with E-state index in [2.05, 4.69) is 61.2 Å². The molecule has 0 aliphatic carbocycles. The first kappa shape index (κ1) is 23.1. The highest BCUT2D eigenvalue weighted by Gasteiger charge is 2.36. The van der Waals surface area contributed by atoms with Crippen LogP contribution in [-0.2, 0) is 11.5 Å². The van der Waals surface area contributed by atoms with E-state index in [0.717, 1.165) is 31.8 Å². The molecule has 29 heavy (non-hydrogen) atoms. The zero-order valence-electron chi connectivity index (χ0n) is 18.9. The van der Waals surface area contributed by atoms with Crippen molar-refractivity contribution in [3.63, 3.8) is 0 Å². The van der Waals surface area contributed by atoms with Gasteiger partial charge in [0.25, 0.3) is 0 Å². The molecule has 0 saturated heterocycles. The number of aromatic nitrogens is 4. The van der Waals surface area contributed by atoms with Gasteiger partial charge in [-0.15, -0.1) is 0 Å². The number of aliphatic imine (C=N–C) groups is 1. The highest BCUT2D eigenvalue weighted by molar-refractivity contribution is 6.74. The summed E-state index contributed by atoms with van der Waals surface area (Å²) in [5.74, 6) is 1.72. The molecule has 2 aromatic rings. The second-order valence-corrected chi connectivity index (χ2v) is 14.0. The predicted molar refractivity (Wildman–Crippen MR) is 122 cm³/mol. The molecule has 0 aromatic carbocycles. The summed E-state index contributed by atoms with van der Waals surface area (Å²) < 4.78 is 9.73. The van der Waals surface area contributed by atoms with Crippen LogP contribution >= 0.6 is 0 Å². The van der Waals surface area contributed by atoms with E-state index in [0.29, 0.717) is 17.6 Å². The molecule has 8 nitrogen and oxygen atoms in total. The van der Waals surface area contributed by atoms with E-state index in [-0.39, 0.29) is 5.04 Å². The molecule has 162 valence electrons. The van der Waals surface area contributed by atoms with Crippen LogP contribution in [-0.4, -0.2) is 46.8 Å². The Balaban J connectivity index is 1.84. The fourth-order valence-corrected chi connectivity index (χ4v) is 3.72. The average Bonchev–Trinajstić information content (AvgIpc) is 3.27. The zero-order chi connectivity index (χ0) is 21.7. The first-order chi connectivity index (χ1) is 13.5. The largest absolute Gasteiger partial charge is 0.417 e. The summed E-state index contributed by atoms with van der Waals surface area (Å²) in [6.07, 6.45) is 8.94. The van der Waals surface area contributed by atoms with Gasteiger partial charge in [0.15, 0.2) is 8.32 Å². The fraction of sp³-hybridized carbons (Fsp3) is 0.650. The second kappa shape index (κ2) is 9.58. The molecule has 0 saturated carbocycles. The minimum absolute atomic E-state index is 0.259. The summed E-state index contributed by atoms with van der Waals surface area (Å²) in [4.78, 5) is 8.48. The lowest BCUT2D eigenvalue weighted by atomic mass is 10.1. The van der Waals surface area contributed by atoms with Crippen molar-refractivity contribution in [1.29, 1.82) is 0 Å². The van der Waals surface area contributed by atoms with E-state index in [1.807, 2.05) is 7.05 Å². The van der Waals surface area contributed by atoms with E-state index in [9.17, 15) is 0 Å². The van der Waals surface area contributed by atoms with Gasteiger partial charge in [-0.1, -0.05) is 27.7 Å². The Hall–Kier alpha value is -2.13. The SMILES string of the molecule is C[C@@H](CCCO[Si](C)(C)C(C)(C)C)CNc1c(N=C(N)n2ccnc2)cnn1C. The quantitative estimate of drug-likeness (QED) is 0.278. The predicted octanol–water partition coefficient (Wildman–Crippen LogP) is 3.96. The van der Waals surface area contributed by atoms with Crippen molar-refractivity contribution in [3.8, 4) is 0 Å². The van der Waals surface area contributed by atoms with Crippen LogP contribution in [0.1, 0.15) is 40.5 Å². The minimum Gasteiger partial charge on any atom is -0.417 e. The molecule has 2 heterocycles. The maximum Gasteiger partial charge on any atom is 0.206 e. The van der Waals surface area contributed by atoms with E-state index < -0.39 is 8.32 Å². The first-order valence-corrected chi connectivity index (χ1v) is 13.1. The van der Waals surface area contributed by atoms with Crippen LogP contribution in [0.2, 0.25) is 18.1 Å². The smallest absolute Gasteiger partial charge is 0.206 e. The highest BCUT2D eigenvalue weighted by atomic mass is 28.4. The third kappa shape index (κ3) is 6.43. The standard InChI is InChI=1S/C20H37N7OSi/c1-16(9-8-12-28-29(6,7)20(2,3)4)13-23-18-17(14-24-26(18)5)25-19(21)27-11-10-22-15-27/h10-11,14-16,23H,8-9,12-13H2,1-7H3,(H2,21,25)/t16-/m0/s1. The molecule has 0 spiro atoms. The monoisotopic (exact) mass is 419 g/mol. The van der Waals surface area contributed by atoms with Gasteiger partial charge in [-0.25, -0.2) is 9.98 Å². The maximum atomic E-state index is 6.28. The van der Waals surface area contributed by atoms with Crippen molar-refractivity contribution in [1.82, 2.24) is 19.3 Å². The Morgan fingerprint density at radius 3 is 2.72 bits per heavy atom. The molecule has 2 rings (SSSR count). The number of anilines is 1. The number of aryl methyl sites for hydroxylation is 1. The molecule has 1 atom stereocenters. The second-order valence-electron chi connectivity index (χ2n) is 9.18. The lowest BCUT2D eigenvalue weighted by Crippen LogP contribution is -2.41. The molecule has 0 fully saturated rings. The van der Waals surface area contributed by atoms with E-state index in [1.54, 1.807) is 34.2 Å². The van der Waals surface area contributed by atoms with Crippen molar-refractivity contribution in [2.45, 2.75) is 58.7 Å². The van der Waals surface area contributed by atoms with E-state index >= 15 is 0 Å². The van der Waals surface area contributed by atoms with Crippen LogP contribution in [0.15, 0.2) is 29.9 Å². The van der Waals surface area contributed by atoms with E-state index in [1.165, 1.54) is 0 Å². The Labute approximate surface area is 175 Å². The van der Waals surface area contributed by atoms with Crippen LogP contribution in [0.5, 0.6) is 0 Å². The topological polar surface area (TPSA) is 95.3 Å². The van der Waals surface area contributed by atoms with Crippen LogP contribution in [0.4, 0.5) is 11.5 Å². The van der Waals surface area contributed by atoms with Gasteiger partial charge >= 0.3 is 0 Å². The zero-order valence-corrected chi connectivity index (χ0v) is 19.9. The Bertz CT molecular complexity index is 790. The molecule has 3 N–H and O–H groups in total. The van der Waals surface area contributed by atoms with Gasteiger partial charge in [0, 0.05) is 32.6 Å². The molecule has 2 aromatic heterocycles. The number of imidazole rings is 1. The van der Waals surface area contributed by atoms with Gasteiger partial charge in [0.2, 0.25) is 5.96 Å². The highest BCUT2D eigenvalue weighted by Crippen LogP contribution is 2.36. The summed E-state index contributed by atoms with van der Waals surface area (Å²) in [6, 6.07) is 0. The molecule has 0 aliphatic heterocycles. The summed E-state index contributed by atoms with van der Waals surface area (Å²) >= 11 is 0. The summed E-state index contributed by atoms with van der Waals surface area (Å²) in [6.45, 7) is 15.4. The number of hydrogen-bond donors (Lipinski definition) is 2. The van der Waals surface area contributed by atoms with Gasteiger partial charge in [0.1, 0.15) is 17.8 Å². The number of nitrogens with one attached hydrogen (secondary N) is 1. The molecule has 0 aliphatic rings. The summed E-state index contributed by atoms with van der Waals surface area (Å²) in [5, 5.41) is 8.04. The van der Waals surface area contributed by atoms with Gasteiger partial charge in [0.05, 0.1) is 6.20 Å². The van der Waals surface area contributed by atoms with Gasteiger partial charge in [-0.3, -0.25) is 9.25 Å². The van der Waals surface area contributed by atoms with Gasteiger partial charge in [-0.05, 0) is 36.9 Å². The van der Waals surface area contributed by atoms with Gasteiger partial charge in [-0.2, -0.15) is 5.10 Å². The van der Waals surface area contributed by atoms with Crippen molar-refractivity contribution >= 4 is 25.8 Å². The third-order valence-electron chi connectivity index (χ3n) is 5.65. The van der Waals surface area contributed by atoms with Gasteiger partial charge < -0.3 is 15.5 Å². The Kier molecular flexibility index (Phi) is 7.64. The summed E-state index contributed by atoms with van der Waals surface area (Å²) in [7, 11) is 0.243. The molecule has 9 heteroatoms. The van der Waals surface area contributed by atoms with Crippen molar-refractivity contribution < 1.29 is 4.43 Å². The van der Waals surface area contributed by atoms with Crippen molar-refractivity contribution in [3.05, 3.63) is 24.9 Å². The molecular formula is C20H37N7OSi. The number of nitrogens with zero attached hydrogens (tertiary/aromatic N) is 5.